The third-order valence-corrected chi connectivity index (χ3v) is 4.99. The van der Waals surface area contributed by atoms with Gasteiger partial charge in [0.15, 0.2) is 5.70 Å². The zero-order chi connectivity index (χ0) is 21.4. The van der Waals surface area contributed by atoms with Gasteiger partial charge < -0.3 is 9.15 Å². The number of hydrogen-bond donors (Lipinski definition) is 0. The van der Waals surface area contributed by atoms with Gasteiger partial charge in [-0.25, -0.2) is 9.79 Å². The Balaban J connectivity index is 1.66. The summed E-state index contributed by atoms with van der Waals surface area (Å²) < 4.78 is 10.8. The number of hydrogen-bond acceptors (Lipinski definition) is 6. The van der Waals surface area contributed by atoms with E-state index in [1.54, 1.807) is 30.3 Å². The maximum atomic E-state index is 12.2. The van der Waals surface area contributed by atoms with E-state index in [2.05, 4.69) is 4.99 Å². The Morgan fingerprint density at radius 3 is 2.50 bits per heavy atom. The second kappa shape index (κ2) is 7.95. The Hall–Kier alpha value is -3.13. The molecule has 30 heavy (non-hydrogen) atoms. The van der Waals surface area contributed by atoms with E-state index in [0.29, 0.717) is 27.1 Å². The van der Waals surface area contributed by atoms with Crippen molar-refractivity contribution in [1.82, 2.24) is 0 Å². The molecular weight excluding hydrogens is 455 g/mol. The van der Waals surface area contributed by atoms with Crippen LogP contribution >= 0.6 is 34.8 Å². The molecule has 3 aromatic rings. The number of nitrogens with zero attached hydrogens (tertiary/aromatic N) is 2. The molecule has 150 valence electrons. The Morgan fingerprint density at radius 2 is 1.77 bits per heavy atom. The molecule has 0 unspecified atom stereocenters. The molecular formula is C20H9Cl3N2O5. The van der Waals surface area contributed by atoms with Crippen LogP contribution in [-0.2, 0) is 9.53 Å². The first-order valence-electron chi connectivity index (χ1n) is 8.34. The minimum Gasteiger partial charge on any atom is -0.457 e. The lowest BCUT2D eigenvalue weighted by Gasteiger charge is -2.02. The number of benzene rings is 2. The van der Waals surface area contributed by atoms with E-state index in [1.165, 1.54) is 24.3 Å². The van der Waals surface area contributed by atoms with Gasteiger partial charge in [-0.2, -0.15) is 0 Å². The molecule has 7 nitrogen and oxygen atoms in total. The molecule has 0 N–H and O–H groups in total. The summed E-state index contributed by atoms with van der Waals surface area (Å²) in [4.78, 5) is 26.7. The first-order valence-corrected chi connectivity index (χ1v) is 9.47. The highest BCUT2D eigenvalue weighted by Gasteiger charge is 2.27. The number of halogens is 3. The summed E-state index contributed by atoms with van der Waals surface area (Å²) in [7, 11) is 0. The molecule has 0 saturated carbocycles. The SMILES string of the molecule is O=C1OC(c2cc([N+](=O)[O-])ccc2Cl)=NC1=Cc1ccc(-c2ccc(Cl)cc2Cl)o1. The second-order valence-electron chi connectivity index (χ2n) is 6.08. The number of esters is 1. The van der Waals surface area contributed by atoms with Gasteiger partial charge in [0.25, 0.3) is 5.69 Å². The molecule has 2 heterocycles. The third kappa shape index (κ3) is 3.95. The molecule has 0 spiro atoms. The van der Waals surface area contributed by atoms with Crippen molar-refractivity contribution in [1.29, 1.82) is 0 Å². The van der Waals surface area contributed by atoms with E-state index >= 15 is 0 Å². The molecule has 1 aromatic heterocycles. The number of rotatable bonds is 4. The van der Waals surface area contributed by atoms with Crippen LogP contribution < -0.4 is 0 Å². The number of carbonyl (C=O) groups excluding carboxylic acids is 1. The fourth-order valence-electron chi connectivity index (χ4n) is 2.71. The third-order valence-electron chi connectivity index (χ3n) is 4.11. The largest absolute Gasteiger partial charge is 0.457 e. The maximum Gasteiger partial charge on any atom is 0.363 e. The summed E-state index contributed by atoms with van der Waals surface area (Å²) in [6, 6.07) is 12.1. The van der Waals surface area contributed by atoms with Gasteiger partial charge in [-0.05, 0) is 36.4 Å². The van der Waals surface area contributed by atoms with Crippen molar-refractivity contribution in [3.8, 4) is 11.3 Å². The molecule has 2 aromatic carbocycles. The Kier molecular flexibility index (Phi) is 5.34. The van der Waals surface area contributed by atoms with Crippen LogP contribution in [0.1, 0.15) is 11.3 Å². The van der Waals surface area contributed by atoms with Crippen molar-refractivity contribution in [2.45, 2.75) is 0 Å². The normalized spacial score (nSPS) is 14.7. The molecule has 0 bridgehead atoms. The average Bonchev–Trinajstić information content (AvgIpc) is 3.29. The monoisotopic (exact) mass is 462 g/mol. The molecule has 0 atom stereocenters. The zero-order valence-electron chi connectivity index (χ0n) is 14.8. The van der Waals surface area contributed by atoms with E-state index < -0.39 is 10.9 Å². The van der Waals surface area contributed by atoms with Crippen molar-refractivity contribution >= 4 is 58.4 Å². The van der Waals surface area contributed by atoms with E-state index in [9.17, 15) is 14.9 Å². The van der Waals surface area contributed by atoms with Crippen molar-refractivity contribution in [2.24, 2.45) is 4.99 Å². The molecule has 10 heteroatoms. The Labute approximate surface area is 184 Å². The predicted molar refractivity (Wildman–Crippen MR) is 113 cm³/mol. The number of nitro groups is 1. The maximum absolute atomic E-state index is 12.2. The van der Waals surface area contributed by atoms with Gasteiger partial charge in [0.1, 0.15) is 11.5 Å². The van der Waals surface area contributed by atoms with Crippen LogP contribution in [0.4, 0.5) is 5.69 Å². The summed E-state index contributed by atoms with van der Waals surface area (Å²) in [5.74, 6) is -0.0681. The molecule has 4 rings (SSSR count). The number of cyclic esters (lactones) is 1. The zero-order valence-corrected chi connectivity index (χ0v) is 17.0. The average molecular weight is 464 g/mol. The Bertz CT molecular complexity index is 1260. The van der Waals surface area contributed by atoms with Gasteiger partial charge in [0, 0.05) is 28.8 Å². The number of nitro benzene ring substituents is 1. The van der Waals surface area contributed by atoms with Crippen LogP contribution in [0.2, 0.25) is 15.1 Å². The van der Waals surface area contributed by atoms with Crippen molar-refractivity contribution in [3.63, 3.8) is 0 Å². The number of furan rings is 1. The summed E-state index contributed by atoms with van der Waals surface area (Å²) in [5.41, 5.74) is 0.514. The van der Waals surface area contributed by atoms with E-state index in [-0.39, 0.29) is 27.9 Å². The topological polar surface area (TPSA) is 94.9 Å². The number of aliphatic imine (C=N–C) groups is 1. The highest BCUT2D eigenvalue weighted by Crippen LogP contribution is 2.33. The van der Waals surface area contributed by atoms with Crippen molar-refractivity contribution in [3.05, 3.63) is 90.7 Å². The molecule has 1 aliphatic rings. The van der Waals surface area contributed by atoms with Gasteiger partial charge in [-0.3, -0.25) is 10.1 Å². The fourth-order valence-corrected chi connectivity index (χ4v) is 3.41. The molecule has 0 radical (unpaired) electrons. The van der Waals surface area contributed by atoms with Crippen LogP contribution in [0, 0.1) is 10.1 Å². The number of non-ortho nitro benzene ring substituents is 1. The molecule has 0 fully saturated rings. The van der Waals surface area contributed by atoms with Gasteiger partial charge in [0.2, 0.25) is 5.90 Å². The smallest absolute Gasteiger partial charge is 0.363 e. The standard InChI is InChI=1S/C20H9Cl3N2O5/c21-10-1-4-13(16(23)7-10)18-6-3-12(29-18)9-17-20(26)30-19(24-17)14-8-11(25(27)28)2-5-15(14)22/h1-9H. The van der Waals surface area contributed by atoms with Gasteiger partial charge in [0.05, 0.1) is 20.5 Å². The fraction of sp³-hybridized carbons (Fsp3) is 0. The molecule has 1 aliphatic heterocycles. The lowest BCUT2D eigenvalue weighted by molar-refractivity contribution is -0.384. The summed E-state index contributed by atoms with van der Waals surface area (Å²) in [5, 5.41) is 12.1. The van der Waals surface area contributed by atoms with Crippen molar-refractivity contribution in [2.75, 3.05) is 0 Å². The van der Waals surface area contributed by atoms with Crippen LogP contribution in [0.25, 0.3) is 17.4 Å². The van der Waals surface area contributed by atoms with Crippen LogP contribution in [-0.4, -0.2) is 16.8 Å². The highest BCUT2D eigenvalue weighted by molar-refractivity contribution is 6.36. The molecule has 0 amide bonds. The summed E-state index contributed by atoms with van der Waals surface area (Å²) in [6.45, 7) is 0. The number of carbonyl (C=O) groups is 1. The summed E-state index contributed by atoms with van der Waals surface area (Å²) >= 11 is 18.2. The lowest BCUT2D eigenvalue weighted by Crippen LogP contribution is -2.06. The minimum atomic E-state index is -0.741. The van der Waals surface area contributed by atoms with Gasteiger partial charge in [-0.1, -0.05) is 34.8 Å². The summed E-state index contributed by atoms with van der Waals surface area (Å²) in [6.07, 6.45) is 1.38. The van der Waals surface area contributed by atoms with Crippen LogP contribution in [0.3, 0.4) is 0 Å². The van der Waals surface area contributed by atoms with Crippen LogP contribution in [0.5, 0.6) is 0 Å². The van der Waals surface area contributed by atoms with E-state index in [1.807, 2.05) is 0 Å². The van der Waals surface area contributed by atoms with Crippen LogP contribution in [0.15, 0.2) is 63.6 Å². The number of ether oxygens (including phenoxy) is 1. The van der Waals surface area contributed by atoms with E-state index in [0.717, 1.165) is 0 Å². The van der Waals surface area contributed by atoms with Gasteiger partial charge in [-0.15, -0.1) is 0 Å². The second-order valence-corrected chi connectivity index (χ2v) is 7.33. The predicted octanol–water partition coefficient (Wildman–Crippen LogP) is 6.16. The molecule has 0 saturated heterocycles. The minimum absolute atomic E-state index is 0.0457. The highest BCUT2D eigenvalue weighted by atomic mass is 35.5. The lowest BCUT2D eigenvalue weighted by atomic mass is 10.2. The first-order chi connectivity index (χ1) is 14.3. The Morgan fingerprint density at radius 1 is 0.967 bits per heavy atom. The van der Waals surface area contributed by atoms with Gasteiger partial charge >= 0.3 is 5.97 Å². The van der Waals surface area contributed by atoms with E-state index in [4.69, 9.17) is 44.0 Å². The quantitative estimate of drug-likeness (QED) is 0.200. The first kappa shape index (κ1) is 20.2. The molecule has 0 aliphatic carbocycles. The van der Waals surface area contributed by atoms with Crippen molar-refractivity contribution < 1.29 is 18.9 Å².